The molecule has 0 bridgehead atoms. The summed E-state index contributed by atoms with van der Waals surface area (Å²) in [6, 6.07) is -1.95. The van der Waals surface area contributed by atoms with Crippen LogP contribution in [0.25, 0.3) is 0 Å². The number of aliphatic hydroxyl groups is 2. The molecule has 5 atom stereocenters. The highest BCUT2D eigenvalue weighted by atomic mass is 79.9. The standard InChI is InChI=1S/C15H19BrCl3NO9/c1-6(21)14(25)9(4-27-8(3)23)29-11(16)10(15(14,26)7(2)22)20-12(24)28-5-13(17,18)19/h9-11,25-26H,4-5H2,1-3H3,(H,20,24)/t9-,10+,11?,14-,15-/m1/s1/i1D,2D,3D. The third kappa shape index (κ3) is 5.72. The molecule has 0 radical (unpaired) electrons. The van der Waals surface area contributed by atoms with Gasteiger partial charge in [-0.25, -0.2) is 4.79 Å². The Balaban J connectivity index is 3.43. The van der Waals surface area contributed by atoms with Gasteiger partial charge >= 0.3 is 12.1 Å². The molecule has 1 rings (SSSR count). The van der Waals surface area contributed by atoms with Gasteiger partial charge in [0.05, 0.1) is 0 Å². The van der Waals surface area contributed by atoms with Gasteiger partial charge in [0.2, 0.25) is 3.79 Å². The number of alkyl carbamates (subject to hydrolysis) is 1. The third-order valence-corrected chi connectivity index (χ3v) is 5.01. The first-order chi connectivity index (χ1) is 14.7. The maximum atomic E-state index is 12.6. The second-order valence-corrected chi connectivity index (χ2v) is 9.27. The number of halogens is 4. The summed E-state index contributed by atoms with van der Waals surface area (Å²) in [6.45, 7) is -4.79. The highest BCUT2D eigenvalue weighted by molar-refractivity contribution is 9.09. The summed E-state index contributed by atoms with van der Waals surface area (Å²) in [5, 5.41) is 23.0. The highest BCUT2D eigenvalue weighted by Gasteiger charge is 2.70. The van der Waals surface area contributed by atoms with Crippen molar-refractivity contribution in [1.29, 1.82) is 0 Å². The maximum absolute atomic E-state index is 12.6. The van der Waals surface area contributed by atoms with Gasteiger partial charge in [-0.2, -0.15) is 0 Å². The highest BCUT2D eigenvalue weighted by Crippen LogP contribution is 2.42. The molecule has 0 spiro atoms. The zero-order valence-corrected chi connectivity index (χ0v) is 18.4. The van der Waals surface area contributed by atoms with E-state index in [9.17, 15) is 29.4 Å². The molecule has 0 aromatic rings. The smallest absolute Gasteiger partial charge is 0.407 e. The third-order valence-electron chi connectivity index (χ3n) is 3.94. The Bertz CT molecular complexity index is 747. The van der Waals surface area contributed by atoms with Gasteiger partial charge < -0.3 is 29.7 Å². The van der Waals surface area contributed by atoms with Gasteiger partial charge in [-0.3, -0.25) is 14.4 Å². The maximum Gasteiger partial charge on any atom is 0.407 e. The van der Waals surface area contributed by atoms with Crippen molar-refractivity contribution in [2.24, 2.45) is 0 Å². The summed E-state index contributed by atoms with van der Waals surface area (Å²) in [4.78, 5) is 48.7. The molecule has 0 aliphatic carbocycles. The van der Waals surface area contributed by atoms with Crippen molar-refractivity contribution in [1.82, 2.24) is 5.32 Å². The van der Waals surface area contributed by atoms with Crippen LogP contribution in [0.5, 0.6) is 0 Å². The SMILES string of the molecule is [2H]CC(=O)OC[C@H]1OC(Br)[C@H](NC(=O)OCC(Cl)(Cl)Cl)[C@](O)(C(=O)C[2H])[C@@]1(O)C(=O)C[2H]. The van der Waals surface area contributed by atoms with E-state index in [2.05, 4.69) is 20.7 Å². The molecule has 1 fully saturated rings. The largest absolute Gasteiger partial charge is 0.463 e. The van der Waals surface area contributed by atoms with Crippen LogP contribution in [0.15, 0.2) is 0 Å². The van der Waals surface area contributed by atoms with E-state index in [1.54, 1.807) is 0 Å². The lowest BCUT2D eigenvalue weighted by Gasteiger charge is -2.53. The van der Waals surface area contributed by atoms with Crippen molar-refractivity contribution in [3.8, 4) is 0 Å². The number of carbonyl (C=O) groups excluding carboxylic acids is 4. The van der Waals surface area contributed by atoms with Crippen molar-refractivity contribution >= 4 is 74.4 Å². The van der Waals surface area contributed by atoms with Crippen LogP contribution in [0.3, 0.4) is 0 Å². The molecule has 0 aromatic heterocycles. The van der Waals surface area contributed by atoms with Crippen LogP contribution in [0.1, 0.15) is 24.8 Å². The Hall–Kier alpha value is -0.690. The van der Waals surface area contributed by atoms with E-state index >= 15 is 0 Å². The average Bonchev–Trinajstić information content (AvgIpc) is 2.74. The summed E-state index contributed by atoms with van der Waals surface area (Å²) >= 11 is 19.4. The zero-order valence-electron chi connectivity index (χ0n) is 17.5. The van der Waals surface area contributed by atoms with Crippen molar-refractivity contribution in [2.45, 2.75) is 52.9 Å². The molecule has 1 heterocycles. The molecule has 3 N–H and O–H groups in total. The van der Waals surface area contributed by atoms with Gasteiger partial charge in [0.1, 0.15) is 30.4 Å². The van der Waals surface area contributed by atoms with Crippen molar-refractivity contribution in [3.63, 3.8) is 0 Å². The summed E-state index contributed by atoms with van der Waals surface area (Å²) in [6.07, 6.45) is -3.28. The van der Waals surface area contributed by atoms with E-state index in [1.807, 2.05) is 5.32 Å². The Labute approximate surface area is 193 Å². The van der Waals surface area contributed by atoms with Crippen LogP contribution >= 0.6 is 50.7 Å². The van der Waals surface area contributed by atoms with Crippen LogP contribution < -0.4 is 5.32 Å². The van der Waals surface area contributed by atoms with Crippen molar-refractivity contribution in [3.05, 3.63) is 0 Å². The molecule has 1 amide bonds. The quantitative estimate of drug-likeness (QED) is 0.325. The Morgan fingerprint density at radius 1 is 1.14 bits per heavy atom. The zero-order chi connectivity index (χ0) is 24.9. The molecule has 1 aliphatic heterocycles. The van der Waals surface area contributed by atoms with E-state index in [4.69, 9.17) is 48.4 Å². The number of hydrogen-bond donors (Lipinski definition) is 3. The predicted octanol–water partition coefficient (Wildman–Crippen LogP) is 0.774. The Kier molecular flexibility index (Phi) is 7.15. The fraction of sp³-hybridized carbons (Fsp3) is 0.733. The minimum absolute atomic E-state index is 0.754. The van der Waals surface area contributed by atoms with E-state index < -0.39 is 89.7 Å². The summed E-state index contributed by atoms with van der Waals surface area (Å²) < 4.78 is 34.4. The molecule has 1 aliphatic rings. The first-order valence-corrected chi connectivity index (χ1v) is 9.58. The molecule has 1 unspecified atom stereocenters. The number of nitrogens with one attached hydrogen (secondary N) is 1. The number of rotatable bonds is 6. The number of esters is 1. The van der Waals surface area contributed by atoms with Gasteiger partial charge in [-0.1, -0.05) is 50.7 Å². The van der Waals surface area contributed by atoms with Gasteiger partial charge in [-0.05, 0) is 13.8 Å². The molecule has 0 aromatic carbocycles. The molecule has 0 saturated carbocycles. The van der Waals surface area contributed by atoms with Crippen LogP contribution in [-0.2, 0) is 28.6 Å². The van der Waals surface area contributed by atoms with Crippen LogP contribution in [-0.4, -0.2) is 79.2 Å². The van der Waals surface area contributed by atoms with Crippen molar-refractivity contribution < 1.29 is 47.7 Å². The molecular weight excluding hydrogens is 524 g/mol. The second kappa shape index (κ2) is 9.63. The summed E-state index contributed by atoms with van der Waals surface area (Å²) in [5.41, 5.74) is -6.48. The second-order valence-electron chi connectivity index (χ2n) is 5.85. The molecular formula is C15H19BrCl3NO9. The van der Waals surface area contributed by atoms with Gasteiger partial charge in [0.15, 0.2) is 22.8 Å². The first-order valence-electron chi connectivity index (χ1n) is 9.65. The monoisotopic (exact) mass is 544 g/mol. The number of Topliss-reactive ketones (excluding diaryl/α,β-unsaturated/α-hetero) is 2. The lowest BCUT2D eigenvalue weighted by Crippen LogP contribution is -2.81. The summed E-state index contributed by atoms with van der Waals surface area (Å²) in [7, 11) is 0. The topological polar surface area (TPSA) is 148 Å². The Morgan fingerprint density at radius 3 is 2.24 bits per heavy atom. The number of amides is 1. The number of hydrogen-bond acceptors (Lipinski definition) is 9. The average molecular weight is 547 g/mol. The van der Waals surface area contributed by atoms with Crippen molar-refractivity contribution in [2.75, 3.05) is 13.2 Å². The van der Waals surface area contributed by atoms with E-state index in [0.29, 0.717) is 0 Å². The fourth-order valence-corrected chi connectivity index (χ4v) is 3.54. The fourth-order valence-electron chi connectivity index (χ4n) is 2.60. The lowest BCUT2D eigenvalue weighted by atomic mass is 9.68. The number of ether oxygens (including phenoxy) is 3. The normalized spacial score (nSPS) is 33.6. The Morgan fingerprint density at radius 2 is 1.72 bits per heavy atom. The molecule has 1 saturated heterocycles. The molecule has 29 heavy (non-hydrogen) atoms. The first kappa shape index (κ1) is 21.5. The van der Waals surface area contributed by atoms with Crippen LogP contribution in [0.2, 0.25) is 0 Å². The van der Waals surface area contributed by atoms with Gasteiger partial charge in [-0.15, -0.1) is 0 Å². The number of alkyl halides is 4. The molecule has 10 nitrogen and oxygen atoms in total. The lowest BCUT2D eigenvalue weighted by molar-refractivity contribution is -0.257. The summed E-state index contributed by atoms with van der Waals surface area (Å²) in [5.74, 6) is -3.95. The van der Waals surface area contributed by atoms with Gasteiger partial charge in [0, 0.05) is 11.0 Å². The van der Waals surface area contributed by atoms with Crippen LogP contribution in [0, 0.1) is 0 Å². The van der Waals surface area contributed by atoms with Gasteiger partial charge in [0.25, 0.3) is 0 Å². The predicted molar refractivity (Wildman–Crippen MR) is 104 cm³/mol. The van der Waals surface area contributed by atoms with E-state index in [0.717, 1.165) is 0 Å². The molecule has 166 valence electrons. The van der Waals surface area contributed by atoms with E-state index in [-0.39, 0.29) is 0 Å². The number of ketones is 2. The number of carbonyl (C=O) groups is 4. The molecule has 14 heteroatoms. The van der Waals surface area contributed by atoms with E-state index in [1.165, 1.54) is 0 Å². The minimum Gasteiger partial charge on any atom is -0.463 e. The van der Waals surface area contributed by atoms with Crippen LogP contribution in [0.4, 0.5) is 4.79 Å². The minimum atomic E-state index is -3.24.